The number of carbonyl (C=O) groups is 1. The van der Waals surface area contributed by atoms with E-state index in [4.69, 9.17) is 5.11 Å². The molecule has 0 aliphatic carbocycles. The first-order valence-electron chi connectivity index (χ1n) is 7.86. The number of aliphatic hydroxyl groups is 1. The average Bonchev–Trinajstić information content (AvgIpc) is 3.03. The van der Waals surface area contributed by atoms with E-state index < -0.39 is 5.82 Å². The van der Waals surface area contributed by atoms with Crippen LogP contribution < -0.4 is 0 Å². The molecular formula is C17H23FN4O2. The van der Waals surface area contributed by atoms with Gasteiger partial charge >= 0.3 is 0 Å². The minimum absolute atomic E-state index is 0.00746. The summed E-state index contributed by atoms with van der Waals surface area (Å²) in [6.07, 6.45) is 3.20. The molecule has 0 unspecified atom stereocenters. The summed E-state index contributed by atoms with van der Waals surface area (Å²) in [5.74, 6) is -0.786. The van der Waals surface area contributed by atoms with E-state index in [0.29, 0.717) is 19.5 Å². The Hall–Kier alpha value is -2.28. The fourth-order valence-electron chi connectivity index (χ4n) is 2.43. The normalized spacial score (nSPS) is 11.5. The molecule has 1 amide bonds. The van der Waals surface area contributed by atoms with Crippen molar-refractivity contribution in [3.05, 3.63) is 42.2 Å². The van der Waals surface area contributed by atoms with Crippen LogP contribution in [0.25, 0.3) is 5.69 Å². The number of aliphatic hydroxyl groups excluding tert-OH is 1. The molecule has 0 fully saturated rings. The molecule has 0 saturated heterocycles. The van der Waals surface area contributed by atoms with Crippen LogP contribution in [0.3, 0.4) is 0 Å². The highest BCUT2D eigenvalue weighted by Gasteiger charge is 2.22. The van der Waals surface area contributed by atoms with E-state index in [1.807, 2.05) is 20.8 Å². The molecule has 0 aliphatic heterocycles. The minimum Gasteiger partial charge on any atom is -0.396 e. The Morgan fingerprint density at radius 2 is 2.12 bits per heavy atom. The third-order valence-corrected chi connectivity index (χ3v) is 3.40. The summed E-state index contributed by atoms with van der Waals surface area (Å²) in [6, 6.07) is 4.31. The maximum absolute atomic E-state index is 14.3. The zero-order valence-corrected chi connectivity index (χ0v) is 14.2. The summed E-state index contributed by atoms with van der Waals surface area (Å²) >= 11 is 0. The van der Waals surface area contributed by atoms with E-state index in [2.05, 4.69) is 10.1 Å². The van der Waals surface area contributed by atoms with Crippen LogP contribution in [0.1, 0.15) is 37.6 Å². The highest BCUT2D eigenvalue weighted by atomic mass is 19.1. The minimum atomic E-state index is -0.538. The van der Waals surface area contributed by atoms with Crippen molar-refractivity contribution in [1.29, 1.82) is 0 Å². The Labute approximate surface area is 140 Å². The lowest BCUT2D eigenvalue weighted by molar-refractivity contribution is 0.0682. The number of rotatable bonds is 6. The number of halogens is 1. The molecule has 0 spiro atoms. The summed E-state index contributed by atoms with van der Waals surface area (Å²) in [7, 11) is 0. The van der Waals surface area contributed by atoms with Gasteiger partial charge in [-0.2, -0.15) is 5.10 Å². The van der Waals surface area contributed by atoms with Crippen molar-refractivity contribution in [3.8, 4) is 5.69 Å². The molecule has 1 heterocycles. The number of benzene rings is 1. The number of hydrogen-bond acceptors (Lipinski definition) is 4. The number of carbonyl (C=O) groups excluding carboxylic acids is 1. The number of hydrogen-bond donors (Lipinski definition) is 1. The molecule has 6 nitrogen and oxygen atoms in total. The summed E-state index contributed by atoms with van der Waals surface area (Å²) in [6.45, 7) is 7.05. The third-order valence-electron chi connectivity index (χ3n) is 3.40. The molecule has 0 radical (unpaired) electrons. The lowest BCUT2D eigenvalue weighted by Crippen LogP contribution is -2.38. The summed E-state index contributed by atoms with van der Waals surface area (Å²) in [5.41, 5.74) is 0.421. The summed E-state index contributed by atoms with van der Waals surface area (Å²) in [4.78, 5) is 18.2. The predicted octanol–water partition coefficient (Wildman–Crippen LogP) is 2.28. The van der Waals surface area contributed by atoms with Crippen molar-refractivity contribution in [2.24, 2.45) is 5.41 Å². The first-order chi connectivity index (χ1) is 11.3. The lowest BCUT2D eigenvalue weighted by atomic mass is 9.95. The van der Waals surface area contributed by atoms with Gasteiger partial charge < -0.3 is 10.0 Å². The maximum Gasteiger partial charge on any atom is 0.253 e. The van der Waals surface area contributed by atoms with Crippen LogP contribution in [0.4, 0.5) is 4.39 Å². The smallest absolute Gasteiger partial charge is 0.253 e. The molecule has 0 atom stereocenters. The molecular weight excluding hydrogens is 311 g/mol. The fourth-order valence-corrected chi connectivity index (χ4v) is 2.43. The molecule has 2 aromatic rings. The Morgan fingerprint density at radius 3 is 2.67 bits per heavy atom. The fraction of sp³-hybridized carbons (Fsp3) is 0.471. The highest BCUT2D eigenvalue weighted by molar-refractivity contribution is 5.94. The highest BCUT2D eigenvalue weighted by Crippen LogP contribution is 2.20. The van der Waals surface area contributed by atoms with Crippen molar-refractivity contribution < 1.29 is 14.3 Å². The largest absolute Gasteiger partial charge is 0.396 e. The second kappa shape index (κ2) is 7.53. The zero-order valence-electron chi connectivity index (χ0n) is 14.2. The van der Waals surface area contributed by atoms with Crippen LogP contribution in [0.5, 0.6) is 0 Å². The maximum atomic E-state index is 14.3. The van der Waals surface area contributed by atoms with Gasteiger partial charge in [0.15, 0.2) is 0 Å². The molecule has 7 heteroatoms. The molecule has 0 aliphatic rings. The van der Waals surface area contributed by atoms with Crippen molar-refractivity contribution in [3.63, 3.8) is 0 Å². The first-order valence-corrected chi connectivity index (χ1v) is 7.86. The summed E-state index contributed by atoms with van der Waals surface area (Å²) < 4.78 is 15.6. The van der Waals surface area contributed by atoms with Gasteiger partial charge in [0.2, 0.25) is 0 Å². The first kappa shape index (κ1) is 18.1. The second-order valence-electron chi connectivity index (χ2n) is 6.87. The Kier molecular flexibility index (Phi) is 5.66. The van der Waals surface area contributed by atoms with Gasteiger partial charge in [-0.3, -0.25) is 4.79 Å². The molecule has 0 bridgehead atoms. The molecule has 24 heavy (non-hydrogen) atoms. The van der Waals surface area contributed by atoms with Crippen LogP contribution in [0.15, 0.2) is 30.9 Å². The Morgan fingerprint density at radius 1 is 1.38 bits per heavy atom. The van der Waals surface area contributed by atoms with Crippen LogP contribution >= 0.6 is 0 Å². The van der Waals surface area contributed by atoms with Crippen molar-refractivity contribution in [2.75, 3.05) is 19.7 Å². The van der Waals surface area contributed by atoms with Crippen LogP contribution in [0.2, 0.25) is 0 Å². The number of nitrogens with zero attached hydrogens (tertiary/aromatic N) is 4. The lowest BCUT2D eigenvalue weighted by Gasteiger charge is -2.30. The Balaban J connectivity index is 2.24. The molecule has 2 rings (SSSR count). The van der Waals surface area contributed by atoms with Crippen LogP contribution in [-0.4, -0.2) is 50.4 Å². The average molecular weight is 334 g/mol. The topological polar surface area (TPSA) is 71.2 Å². The van der Waals surface area contributed by atoms with Gasteiger partial charge in [-0.15, -0.1) is 0 Å². The van der Waals surface area contributed by atoms with E-state index in [1.54, 1.807) is 11.0 Å². The van der Waals surface area contributed by atoms with Gasteiger partial charge in [-0.1, -0.05) is 20.8 Å². The molecule has 0 saturated carbocycles. The van der Waals surface area contributed by atoms with Gasteiger partial charge in [0, 0.05) is 25.3 Å². The monoisotopic (exact) mass is 334 g/mol. The molecule has 1 N–H and O–H groups in total. The van der Waals surface area contributed by atoms with E-state index in [1.165, 1.54) is 29.5 Å². The third kappa shape index (κ3) is 4.61. The van der Waals surface area contributed by atoms with Crippen LogP contribution in [0, 0.1) is 11.2 Å². The molecule has 1 aromatic heterocycles. The van der Waals surface area contributed by atoms with E-state index >= 15 is 0 Å². The van der Waals surface area contributed by atoms with E-state index in [0.717, 1.165) is 0 Å². The van der Waals surface area contributed by atoms with Crippen molar-refractivity contribution in [1.82, 2.24) is 19.7 Å². The van der Waals surface area contributed by atoms with E-state index in [9.17, 15) is 9.18 Å². The standard InChI is InChI=1S/C17H23FN4O2/c1-17(2,3)10-21(7-4-8-23)16(24)13-5-6-15(14(18)9-13)22-12-19-11-20-22/h5-6,9,11-12,23H,4,7-8,10H2,1-3H3. The predicted molar refractivity (Wildman–Crippen MR) is 88.4 cm³/mol. The van der Waals surface area contributed by atoms with Crippen molar-refractivity contribution >= 4 is 5.91 Å². The SMILES string of the molecule is CC(C)(C)CN(CCCO)C(=O)c1ccc(-n2cncn2)c(F)c1. The number of aromatic nitrogens is 3. The Bertz CT molecular complexity index is 680. The zero-order chi connectivity index (χ0) is 17.7. The van der Waals surface area contributed by atoms with Crippen molar-refractivity contribution in [2.45, 2.75) is 27.2 Å². The summed E-state index contributed by atoms with van der Waals surface area (Å²) in [5, 5.41) is 12.9. The molecule has 130 valence electrons. The van der Waals surface area contributed by atoms with Gasteiger partial charge in [0.25, 0.3) is 5.91 Å². The second-order valence-corrected chi connectivity index (χ2v) is 6.87. The van der Waals surface area contributed by atoms with Gasteiger partial charge in [-0.05, 0) is 30.0 Å². The molecule has 1 aromatic carbocycles. The quantitative estimate of drug-likeness (QED) is 0.880. The van der Waals surface area contributed by atoms with E-state index in [-0.39, 0.29) is 29.2 Å². The van der Waals surface area contributed by atoms with Gasteiger partial charge in [-0.25, -0.2) is 14.1 Å². The van der Waals surface area contributed by atoms with Gasteiger partial charge in [0.1, 0.15) is 24.2 Å². The number of amides is 1. The van der Waals surface area contributed by atoms with Crippen LogP contribution in [-0.2, 0) is 0 Å². The van der Waals surface area contributed by atoms with Gasteiger partial charge in [0.05, 0.1) is 0 Å².